The van der Waals surface area contributed by atoms with Gasteiger partial charge in [-0.05, 0) is 37.2 Å². The van der Waals surface area contributed by atoms with Crippen LogP contribution < -0.4 is 0 Å². The molecule has 0 spiro atoms. The summed E-state index contributed by atoms with van der Waals surface area (Å²) in [5.74, 6) is 0.783. The van der Waals surface area contributed by atoms with Crippen LogP contribution in [0.4, 0.5) is 0 Å². The predicted octanol–water partition coefficient (Wildman–Crippen LogP) is 2.11. The lowest BCUT2D eigenvalue weighted by Gasteiger charge is -2.43. The van der Waals surface area contributed by atoms with E-state index in [1.165, 1.54) is 0 Å². The average Bonchev–Trinajstić information content (AvgIpc) is 3.13. The average molecular weight is 269 g/mol. The molecule has 4 heteroatoms. The Morgan fingerprint density at radius 3 is 2.80 bits per heavy atom. The number of ether oxygens (including phenoxy) is 1. The van der Waals surface area contributed by atoms with Crippen molar-refractivity contribution in [3.63, 3.8) is 0 Å². The van der Waals surface area contributed by atoms with Crippen LogP contribution in [-0.2, 0) is 9.53 Å². The highest BCUT2D eigenvalue weighted by Crippen LogP contribution is 2.56. The number of amides is 1. The molecule has 0 unspecified atom stereocenters. The van der Waals surface area contributed by atoms with Gasteiger partial charge in [0.15, 0.2) is 0 Å². The number of hydrogen-bond donors (Lipinski definition) is 0. The van der Waals surface area contributed by atoms with Crippen molar-refractivity contribution in [1.82, 2.24) is 4.90 Å². The van der Waals surface area contributed by atoms with E-state index in [4.69, 9.17) is 4.74 Å². The van der Waals surface area contributed by atoms with Crippen molar-refractivity contribution in [2.45, 2.75) is 31.5 Å². The van der Waals surface area contributed by atoms with Gasteiger partial charge in [0.1, 0.15) is 0 Å². The molecular weight excluding hydrogens is 254 g/mol. The Hall–Kier alpha value is -1.84. The fraction of sp³-hybridized carbons (Fsp3) is 0.500. The summed E-state index contributed by atoms with van der Waals surface area (Å²) < 4.78 is 5.64. The molecule has 2 saturated carbocycles. The van der Waals surface area contributed by atoms with E-state index in [1.807, 2.05) is 29.2 Å². The Balaban J connectivity index is 1.65. The van der Waals surface area contributed by atoms with Crippen molar-refractivity contribution < 1.29 is 14.3 Å². The molecule has 2 heterocycles. The van der Waals surface area contributed by atoms with Crippen molar-refractivity contribution >= 4 is 11.9 Å². The van der Waals surface area contributed by atoms with Gasteiger partial charge in [-0.15, -0.1) is 0 Å². The summed E-state index contributed by atoms with van der Waals surface area (Å²) in [6.45, 7) is 0. The molecule has 2 aliphatic carbocycles. The fourth-order valence-corrected chi connectivity index (χ4v) is 4.90. The van der Waals surface area contributed by atoms with Crippen LogP contribution in [0.25, 0.3) is 0 Å². The topological polar surface area (TPSA) is 46.6 Å². The van der Waals surface area contributed by atoms with Gasteiger partial charge >= 0.3 is 5.97 Å². The second-order valence-corrected chi connectivity index (χ2v) is 6.44. The monoisotopic (exact) mass is 269 g/mol. The third-order valence-corrected chi connectivity index (χ3v) is 5.64. The second-order valence-electron chi connectivity index (χ2n) is 6.44. The largest absolute Gasteiger partial charge is 0.437 e. The van der Waals surface area contributed by atoms with Crippen molar-refractivity contribution in [2.75, 3.05) is 0 Å². The van der Waals surface area contributed by atoms with Gasteiger partial charge in [0.25, 0.3) is 5.91 Å². The summed E-state index contributed by atoms with van der Waals surface area (Å²) in [5.41, 5.74) is 1.56. The number of carbonyl (C=O) groups is 2. The first-order valence-corrected chi connectivity index (χ1v) is 7.38. The molecule has 5 rings (SSSR count). The molecule has 0 N–H and O–H groups in total. The van der Waals surface area contributed by atoms with Crippen molar-refractivity contribution in [3.05, 3.63) is 35.4 Å². The van der Waals surface area contributed by atoms with Crippen LogP contribution in [0.5, 0.6) is 0 Å². The van der Waals surface area contributed by atoms with E-state index in [9.17, 15) is 9.59 Å². The molecule has 1 aromatic carbocycles. The van der Waals surface area contributed by atoms with Gasteiger partial charge in [0.2, 0.25) is 6.23 Å². The first kappa shape index (κ1) is 10.9. The van der Waals surface area contributed by atoms with Gasteiger partial charge in [0, 0.05) is 11.1 Å². The number of nitrogens with zero attached hydrogens (tertiary/aromatic N) is 1. The maximum absolute atomic E-state index is 12.7. The minimum atomic E-state index is -0.480. The molecule has 102 valence electrons. The van der Waals surface area contributed by atoms with E-state index in [2.05, 4.69) is 0 Å². The molecule has 0 aromatic heterocycles. The van der Waals surface area contributed by atoms with Crippen LogP contribution in [0.15, 0.2) is 24.3 Å². The maximum Gasteiger partial charge on any atom is 0.313 e. The predicted molar refractivity (Wildman–Crippen MR) is 69.6 cm³/mol. The van der Waals surface area contributed by atoms with Gasteiger partial charge in [-0.25, -0.2) is 0 Å². The van der Waals surface area contributed by atoms with Crippen LogP contribution in [0.2, 0.25) is 0 Å². The summed E-state index contributed by atoms with van der Waals surface area (Å²) in [7, 11) is 0. The molecule has 0 radical (unpaired) electrons. The number of benzene rings is 1. The standard InChI is InChI=1S/C16H15NO3/c18-14-10-3-1-2-4-11(10)15-17(14)13-9-6-5-8(7-9)12(13)16(19)20-15/h1-4,8-9,12-13,15H,5-7H2/t8-,9+,12+,13+,15-/m1/s1. The molecular formula is C16H15NO3. The van der Waals surface area contributed by atoms with Crippen molar-refractivity contribution in [1.29, 1.82) is 0 Å². The van der Waals surface area contributed by atoms with E-state index in [0.29, 0.717) is 17.4 Å². The highest BCUT2D eigenvalue weighted by molar-refractivity contribution is 6.00. The first-order chi connectivity index (χ1) is 9.75. The van der Waals surface area contributed by atoms with Gasteiger partial charge in [0.05, 0.1) is 12.0 Å². The summed E-state index contributed by atoms with van der Waals surface area (Å²) in [6, 6.07) is 7.58. The molecule has 1 saturated heterocycles. The summed E-state index contributed by atoms with van der Waals surface area (Å²) >= 11 is 0. The maximum atomic E-state index is 12.7. The summed E-state index contributed by atoms with van der Waals surface area (Å²) in [6.07, 6.45) is 2.86. The Labute approximate surface area is 116 Å². The van der Waals surface area contributed by atoms with Crippen molar-refractivity contribution in [2.24, 2.45) is 17.8 Å². The zero-order valence-electron chi connectivity index (χ0n) is 11.0. The number of hydrogen-bond acceptors (Lipinski definition) is 3. The Bertz CT molecular complexity index is 640. The summed E-state index contributed by atoms with van der Waals surface area (Å²) in [5, 5.41) is 0. The molecule has 1 amide bonds. The molecule has 4 nitrogen and oxygen atoms in total. The van der Waals surface area contributed by atoms with E-state index in [0.717, 1.165) is 24.8 Å². The van der Waals surface area contributed by atoms with Crippen LogP contribution >= 0.6 is 0 Å². The van der Waals surface area contributed by atoms with Crippen LogP contribution in [-0.4, -0.2) is 22.8 Å². The lowest BCUT2D eigenvalue weighted by Crippen LogP contribution is -2.54. The van der Waals surface area contributed by atoms with E-state index < -0.39 is 6.23 Å². The lowest BCUT2D eigenvalue weighted by molar-refractivity contribution is -0.184. The quantitative estimate of drug-likeness (QED) is 0.678. The fourth-order valence-electron chi connectivity index (χ4n) is 4.90. The minimum absolute atomic E-state index is 0.0423. The number of carbonyl (C=O) groups excluding carboxylic acids is 2. The van der Waals surface area contributed by atoms with E-state index in [1.54, 1.807) is 0 Å². The highest BCUT2D eigenvalue weighted by atomic mass is 16.6. The molecule has 20 heavy (non-hydrogen) atoms. The highest BCUT2D eigenvalue weighted by Gasteiger charge is 2.61. The first-order valence-electron chi connectivity index (χ1n) is 7.38. The number of esters is 1. The zero-order chi connectivity index (χ0) is 13.4. The molecule has 5 atom stereocenters. The van der Waals surface area contributed by atoms with Crippen LogP contribution in [0.3, 0.4) is 0 Å². The Kier molecular flexibility index (Phi) is 1.87. The molecule has 3 fully saturated rings. The lowest BCUT2D eigenvalue weighted by atomic mass is 9.82. The Morgan fingerprint density at radius 1 is 1.10 bits per heavy atom. The van der Waals surface area contributed by atoms with Crippen molar-refractivity contribution in [3.8, 4) is 0 Å². The smallest absolute Gasteiger partial charge is 0.313 e. The molecule has 2 bridgehead atoms. The molecule has 1 aromatic rings. The minimum Gasteiger partial charge on any atom is -0.437 e. The van der Waals surface area contributed by atoms with E-state index >= 15 is 0 Å². The van der Waals surface area contributed by atoms with Gasteiger partial charge in [-0.3, -0.25) is 14.5 Å². The normalized spacial score (nSPS) is 40.4. The third kappa shape index (κ3) is 1.10. The summed E-state index contributed by atoms with van der Waals surface area (Å²) in [4.78, 5) is 26.9. The van der Waals surface area contributed by atoms with E-state index in [-0.39, 0.29) is 23.8 Å². The van der Waals surface area contributed by atoms with Gasteiger partial charge in [-0.2, -0.15) is 0 Å². The van der Waals surface area contributed by atoms with Gasteiger partial charge < -0.3 is 4.74 Å². The zero-order valence-corrected chi connectivity index (χ0v) is 11.0. The van der Waals surface area contributed by atoms with Crippen LogP contribution in [0.1, 0.15) is 41.4 Å². The SMILES string of the molecule is O=C1O[C@@H]2c3ccccc3C(=O)N2[C@H]2[C@H]3CC[C@H](C3)[C@H]12. The third-order valence-electron chi connectivity index (χ3n) is 5.64. The molecule has 4 aliphatic rings. The second kappa shape index (κ2) is 3.43. The number of rotatable bonds is 0. The van der Waals surface area contributed by atoms with Gasteiger partial charge in [-0.1, -0.05) is 18.2 Å². The van der Waals surface area contributed by atoms with Crippen LogP contribution in [0, 0.1) is 17.8 Å². The molecule has 2 aliphatic heterocycles. The number of fused-ring (bicyclic) bond motifs is 9. The Morgan fingerprint density at radius 2 is 1.90 bits per heavy atom.